The second-order valence-electron chi connectivity index (χ2n) is 9.88. The Morgan fingerprint density at radius 2 is 1.74 bits per heavy atom. The zero-order valence-corrected chi connectivity index (χ0v) is 23.3. The number of benzene rings is 1. The van der Waals surface area contributed by atoms with Crippen LogP contribution < -0.4 is 0 Å². The van der Waals surface area contributed by atoms with Crippen LogP contribution in [0.3, 0.4) is 0 Å². The van der Waals surface area contributed by atoms with Gasteiger partial charge in [-0.25, -0.2) is 0 Å². The molecule has 34 heavy (non-hydrogen) atoms. The normalized spacial score (nSPS) is 21.7. The number of hydrogen-bond acceptors (Lipinski definition) is 3. The molecule has 3 aliphatic rings. The van der Waals surface area contributed by atoms with Gasteiger partial charge in [-0.05, 0) is 95.3 Å². The van der Waals surface area contributed by atoms with Gasteiger partial charge in [-0.15, -0.1) is 0 Å². The lowest BCUT2D eigenvalue weighted by Gasteiger charge is -2.38. The van der Waals surface area contributed by atoms with Gasteiger partial charge in [-0.3, -0.25) is 14.7 Å². The van der Waals surface area contributed by atoms with E-state index in [2.05, 4.69) is 60.4 Å². The Balaban J connectivity index is 1.36. The fourth-order valence-electron chi connectivity index (χ4n) is 5.83. The van der Waals surface area contributed by atoms with E-state index in [1.807, 2.05) is 12.3 Å². The lowest BCUT2D eigenvalue weighted by Crippen LogP contribution is -2.46. The lowest BCUT2D eigenvalue weighted by molar-refractivity contribution is -0.134. The van der Waals surface area contributed by atoms with Crippen molar-refractivity contribution in [1.29, 1.82) is 0 Å². The molecular weight excluding hydrogens is 578 g/mol. The molecule has 1 aromatic heterocycles. The molecule has 2 aromatic rings. The zero-order chi connectivity index (χ0) is 23.8. The maximum Gasteiger partial charge on any atom is 0.236 e. The molecule has 7 heteroatoms. The molecule has 2 aliphatic heterocycles. The molecule has 0 bridgehead atoms. The number of hydrogen-bond donors (Lipinski definition) is 0. The van der Waals surface area contributed by atoms with Gasteiger partial charge in [0.1, 0.15) is 0 Å². The number of rotatable bonds is 3. The van der Waals surface area contributed by atoms with Crippen LogP contribution in [0.25, 0.3) is 0 Å². The number of nitrogens with zero attached hydrogens (tertiary/aromatic N) is 3. The van der Waals surface area contributed by atoms with Crippen LogP contribution in [0.1, 0.15) is 54.0 Å². The molecule has 0 radical (unpaired) electrons. The third kappa shape index (κ3) is 5.16. The van der Waals surface area contributed by atoms with Crippen molar-refractivity contribution in [3.8, 4) is 0 Å². The third-order valence-electron chi connectivity index (χ3n) is 7.70. The molecule has 180 valence electrons. The first-order chi connectivity index (χ1) is 16.4. The molecule has 1 atom stereocenters. The SMILES string of the molecule is C=C1CCN(CC(=O)N2CCC([C@H]3c4ncc(Br)cc4CCc4cc(Cl)cc(Br)c43)CC2)CC1. The molecule has 1 aliphatic carbocycles. The predicted molar refractivity (Wildman–Crippen MR) is 144 cm³/mol. The van der Waals surface area contributed by atoms with E-state index >= 15 is 0 Å². The van der Waals surface area contributed by atoms with Gasteiger partial charge in [0.25, 0.3) is 0 Å². The van der Waals surface area contributed by atoms with E-state index in [0.717, 1.165) is 78.7 Å². The molecule has 0 spiro atoms. The van der Waals surface area contributed by atoms with Crippen molar-refractivity contribution in [2.24, 2.45) is 5.92 Å². The van der Waals surface area contributed by atoms with E-state index in [9.17, 15) is 4.79 Å². The van der Waals surface area contributed by atoms with E-state index in [-0.39, 0.29) is 11.8 Å². The lowest BCUT2D eigenvalue weighted by atomic mass is 9.76. The summed E-state index contributed by atoms with van der Waals surface area (Å²) in [5.74, 6) is 0.907. The highest BCUT2D eigenvalue weighted by Crippen LogP contribution is 2.46. The molecule has 0 unspecified atom stereocenters. The maximum absolute atomic E-state index is 13.0. The van der Waals surface area contributed by atoms with E-state index < -0.39 is 0 Å². The number of halogens is 3. The number of pyridine rings is 1. The second kappa shape index (κ2) is 10.4. The van der Waals surface area contributed by atoms with Crippen LogP contribution in [0, 0.1) is 5.92 Å². The highest BCUT2D eigenvalue weighted by atomic mass is 79.9. The van der Waals surface area contributed by atoms with Gasteiger partial charge in [0.05, 0.1) is 12.2 Å². The number of likely N-dealkylation sites (tertiary alicyclic amines) is 2. The Kier molecular flexibility index (Phi) is 7.50. The van der Waals surface area contributed by atoms with Gasteiger partial charge in [-0.2, -0.15) is 0 Å². The Morgan fingerprint density at radius 1 is 1.03 bits per heavy atom. The van der Waals surface area contributed by atoms with Crippen LogP contribution in [0.2, 0.25) is 5.02 Å². The average molecular weight is 608 g/mol. The van der Waals surface area contributed by atoms with Gasteiger partial charge < -0.3 is 4.90 Å². The van der Waals surface area contributed by atoms with Crippen LogP contribution in [0.15, 0.2) is 45.5 Å². The molecule has 3 heterocycles. The first kappa shape index (κ1) is 24.5. The number of amides is 1. The van der Waals surface area contributed by atoms with E-state index in [1.54, 1.807) is 0 Å². The summed E-state index contributed by atoms with van der Waals surface area (Å²) in [4.78, 5) is 22.3. The minimum atomic E-state index is 0.206. The van der Waals surface area contributed by atoms with Crippen molar-refractivity contribution in [2.45, 2.75) is 44.4 Å². The summed E-state index contributed by atoms with van der Waals surface area (Å²) in [6.45, 7) is 8.15. The van der Waals surface area contributed by atoms with E-state index in [4.69, 9.17) is 16.6 Å². The number of aromatic nitrogens is 1. The van der Waals surface area contributed by atoms with Crippen molar-refractivity contribution < 1.29 is 4.79 Å². The molecule has 5 rings (SSSR count). The molecule has 1 amide bonds. The van der Waals surface area contributed by atoms with Crippen LogP contribution >= 0.6 is 43.5 Å². The van der Waals surface area contributed by atoms with E-state index in [0.29, 0.717) is 12.5 Å². The summed E-state index contributed by atoms with van der Waals surface area (Å²) >= 11 is 13.9. The van der Waals surface area contributed by atoms with Crippen LogP contribution in [-0.2, 0) is 17.6 Å². The van der Waals surface area contributed by atoms with Crippen molar-refractivity contribution in [1.82, 2.24) is 14.8 Å². The number of carbonyl (C=O) groups is 1. The third-order valence-corrected chi connectivity index (χ3v) is 9.01. The second-order valence-corrected chi connectivity index (χ2v) is 12.1. The number of fused-ring (bicyclic) bond motifs is 2. The van der Waals surface area contributed by atoms with Gasteiger partial charge >= 0.3 is 0 Å². The van der Waals surface area contributed by atoms with Gasteiger partial charge in [0.15, 0.2) is 0 Å². The fourth-order valence-corrected chi connectivity index (χ4v) is 7.33. The Hall–Kier alpha value is -1.21. The van der Waals surface area contributed by atoms with Gasteiger partial charge in [0, 0.05) is 52.3 Å². The smallest absolute Gasteiger partial charge is 0.236 e. The highest BCUT2D eigenvalue weighted by Gasteiger charge is 2.36. The molecule has 4 nitrogen and oxygen atoms in total. The summed E-state index contributed by atoms with van der Waals surface area (Å²) < 4.78 is 2.09. The van der Waals surface area contributed by atoms with Gasteiger partial charge in [0.2, 0.25) is 5.91 Å². The average Bonchev–Trinajstić information content (AvgIpc) is 2.97. The van der Waals surface area contributed by atoms with Crippen molar-refractivity contribution >= 4 is 49.4 Å². The van der Waals surface area contributed by atoms with Crippen molar-refractivity contribution in [2.75, 3.05) is 32.7 Å². The largest absolute Gasteiger partial charge is 0.342 e. The maximum atomic E-state index is 13.0. The molecule has 1 aromatic carbocycles. The van der Waals surface area contributed by atoms with Crippen LogP contribution in [-0.4, -0.2) is 53.4 Å². The first-order valence-electron chi connectivity index (χ1n) is 12.2. The Labute approximate surface area is 224 Å². The zero-order valence-electron chi connectivity index (χ0n) is 19.3. The summed E-state index contributed by atoms with van der Waals surface area (Å²) in [7, 11) is 0. The summed E-state index contributed by atoms with van der Waals surface area (Å²) in [5.41, 5.74) is 6.44. The minimum absolute atomic E-state index is 0.206. The number of piperidine rings is 2. The topological polar surface area (TPSA) is 36.4 Å². The molecule has 2 saturated heterocycles. The standard InChI is InChI=1S/C27H30Br2ClN3O/c1-17-4-8-32(9-5-17)16-24(34)33-10-6-18(7-11-33)26-25-19(13-22(30)14-23(25)29)2-3-20-12-21(28)15-31-27(20)26/h12-15,18,26H,1-11,16H2/t26-/m1/s1. The minimum Gasteiger partial charge on any atom is -0.342 e. The van der Waals surface area contributed by atoms with Crippen molar-refractivity contribution in [3.63, 3.8) is 0 Å². The molecule has 0 saturated carbocycles. The monoisotopic (exact) mass is 605 g/mol. The highest BCUT2D eigenvalue weighted by molar-refractivity contribution is 9.10. The van der Waals surface area contributed by atoms with Crippen LogP contribution in [0.5, 0.6) is 0 Å². The summed E-state index contributed by atoms with van der Waals surface area (Å²) in [6, 6.07) is 6.37. The molecule has 0 N–H and O–H groups in total. The first-order valence-corrected chi connectivity index (χ1v) is 14.1. The predicted octanol–water partition coefficient (Wildman–Crippen LogP) is 6.38. The van der Waals surface area contributed by atoms with E-state index in [1.165, 1.54) is 28.0 Å². The Morgan fingerprint density at radius 3 is 2.47 bits per heavy atom. The summed E-state index contributed by atoms with van der Waals surface area (Å²) in [6.07, 6.45) is 7.83. The summed E-state index contributed by atoms with van der Waals surface area (Å²) in [5, 5.41) is 0.770. The van der Waals surface area contributed by atoms with Crippen molar-refractivity contribution in [3.05, 3.63) is 72.9 Å². The quantitative estimate of drug-likeness (QED) is 0.380. The molecule has 2 fully saturated rings. The fraction of sp³-hybridized carbons (Fsp3) is 0.481. The number of aryl methyl sites for hydroxylation is 2. The number of carbonyl (C=O) groups excluding carboxylic acids is 1. The molecular formula is C27H30Br2ClN3O. The van der Waals surface area contributed by atoms with Gasteiger partial charge in [-0.1, -0.05) is 39.7 Å². The Bertz CT molecular complexity index is 1100. The van der Waals surface area contributed by atoms with Crippen LogP contribution in [0.4, 0.5) is 0 Å².